The van der Waals surface area contributed by atoms with E-state index in [-0.39, 0.29) is 5.56 Å². The molecule has 0 saturated carbocycles. The van der Waals surface area contributed by atoms with Crippen LogP contribution in [0, 0.1) is 0 Å². The fourth-order valence-corrected chi connectivity index (χ4v) is 3.89. The maximum absolute atomic E-state index is 12.2. The number of rotatable bonds is 6. The number of esters is 1. The molecule has 3 rings (SSSR count). The summed E-state index contributed by atoms with van der Waals surface area (Å²) in [5.74, 6) is -0.455. The minimum atomic E-state index is -3.35. The lowest BCUT2D eigenvalue weighted by Crippen LogP contribution is -2.27. The molecule has 1 amide bonds. The first-order valence-corrected chi connectivity index (χ1v) is 10.3. The molecule has 2 aromatic rings. The Balaban J connectivity index is 1.58. The summed E-state index contributed by atoms with van der Waals surface area (Å²) in [5, 5.41) is 2.62. The molecule has 0 spiro atoms. The summed E-state index contributed by atoms with van der Waals surface area (Å²) in [4.78, 5) is 24.2. The minimum absolute atomic E-state index is 0.270. The van der Waals surface area contributed by atoms with Crippen molar-refractivity contribution in [3.63, 3.8) is 0 Å². The van der Waals surface area contributed by atoms with Crippen molar-refractivity contribution >= 4 is 33.3 Å². The second-order valence-electron chi connectivity index (χ2n) is 6.28. The van der Waals surface area contributed by atoms with Gasteiger partial charge in [0, 0.05) is 12.2 Å². The van der Waals surface area contributed by atoms with Crippen LogP contribution in [0.25, 0.3) is 0 Å². The van der Waals surface area contributed by atoms with E-state index in [1.165, 1.54) is 10.4 Å². The largest absolute Gasteiger partial charge is 0.497 e. The summed E-state index contributed by atoms with van der Waals surface area (Å²) in [6.07, 6.45) is 1.66. The van der Waals surface area contributed by atoms with Crippen LogP contribution in [0.1, 0.15) is 15.9 Å². The van der Waals surface area contributed by atoms with Crippen LogP contribution in [0.5, 0.6) is 5.75 Å². The summed E-state index contributed by atoms with van der Waals surface area (Å²) in [7, 11) is -1.80. The van der Waals surface area contributed by atoms with Gasteiger partial charge < -0.3 is 14.8 Å². The van der Waals surface area contributed by atoms with Gasteiger partial charge in [0.15, 0.2) is 6.61 Å². The van der Waals surface area contributed by atoms with Crippen molar-refractivity contribution < 1.29 is 27.5 Å². The second kappa shape index (κ2) is 7.89. The Bertz CT molecular complexity index is 1000. The van der Waals surface area contributed by atoms with Gasteiger partial charge >= 0.3 is 5.97 Å². The van der Waals surface area contributed by atoms with E-state index in [0.717, 1.165) is 11.8 Å². The minimum Gasteiger partial charge on any atom is -0.497 e. The van der Waals surface area contributed by atoms with Gasteiger partial charge in [0.1, 0.15) is 5.75 Å². The molecule has 1 aliphatic rings. The van der Waals surface area contributed by atoms with Crippen molar-refractivity contribution in [2.75, 3.05) is 36.1 Å². The fraction of sp³-hybridized carbons (Fsp3) is 0.263. The summed E-state index contributed by atoms with van der Waals surface area (Å²) in [6.45, 7) is -0.0889. The number of methoxy groups -OCH3 is 1. The number of anilines is 2. The van der Waals surface area contributed by atoms with Crippen molar-refractivity contribution in [2.45, 2.75) is 6.42 Å². The average molecular weight is 404 g/mol. The smallest absolute Gasteiger partial charge is 0.338 e. The Morgan fingerprint density at radius 2 is 1.86 bits per heavy atom. The molecule has 0 fully saturated rings. The Kier molecular flexibility index (Phi) is 5.55. The fourth-order valence-electron chi connectivity index (χ4n) is 2.93. The van der Waals surface area contributed by atoms with E-state index in [4.69, 9.17) is 9.47 Å². The van der Waals surface area contributed by atoms with Crippen LogP contribution in [-0.4, -0.2) is 46.8 Å². The number of nitrogens with one attached hydrogen (secondary N) is 1. The van der Waals surface area contributed by atoms with Crippen LogP contribution in [0.2, 0.25) is 0 Å². The summed E-state index contributed by atoms with van der Waals surface area (Å²) < 4.78 is 34.9. The zero-order valence-corrected chi connectivity index (χ0v) is 16.3. The molecule has 0 saturated heterocycles. The van der Waals surface area contributed by atoms with E-state index in [2.05, 4.69) is 5.32 Å². The molecular formula is C19H20N2O6S. The van der Waals surface area contributed by atoms with E-state index >= 15 is 0 Å². The zero-order chi connectivity index (χ0) is 20.3. The van der Waals surface area contributed by atoms with Gasteiger partial charge in [-0.3, -0.25) is 9.10 Å². The van der Waals surface area contributed by atoms with Gasteiger partial charge in [-0.25, -0.2) is 13.2 Å². The van der Waals surface area contributed by atoms with Crippen LogP contribution in [0.4, 0.5) is 11.4 Å². The molecule has 1 aliphatic heterocycles. The lowest BCUT2D eigenvalue weighted by molar-refractivity contribution is -0.119. The number of carbonyl (C=O) groups excluding carboxylic acids is 2. The zero-order valence-electron chi connectivity index (χ0n) is 15.5. The molecule has 28 heavy (non-hydrogen) atoms. The molecule has 2 aromatic carbocycles. The van der Waals surface area contributed by atoms with Gasteiger partial charge in [0.2, 0.25) is 10.0 Å². The molecule has 9 heteroatoms. The lowest BCUT2D eigenvalue weighted by atomic mass is 10.1. The van der Waals surface area contributed by atoms with Crippen LogP contribution in [0.3, 0.4) is 0 Å². The Morgan fingerprint density at radius 1 is 1.14 bits per heavy atom. The molecule has 8 nitrogen and oxygen atoms in total. The third-order valence-corrected chi connectivity index (χ3v) is 5.46. The Morgan fingerprint density at radius 3 is 2.50 bits per heavy atom. The SMILES string of the molecule is COc1ccc(NC(=O)COC(=O)c2ccc3c(c2)CCN3S(C)(=O)=O)cc1. The number of sulfonamides is 1. The van der Waals surface area contributed by atoms with Gasteiger partial charge in [0.05, 0.1) is 24.6 Å². The lowest BCUT2D eigenvalue weighted by Gasteiger charge is -2.16. The molecule has 148 valence electrons. The molecule has 0 aliphatic carbocycles. The third kappa shape index (κ3) is 4.42. The van der Waals surface area contributed by atoms with Gasteiger partial charge in [-0.05, 0) is 54.4 Å². The van der Waals surface area contributed by atoms with Gasteiger partial charge in [-0.15, -0.1) is 0 Å². The molecule has 0 radical (unpaired) electrons. The standard InChI is InChI=1S/C19H20N2O6S/c1-26-16-6-4-15(5-7-16)20-18(22)12-27-19(23)14-3-8-17-13(11-14)9-10-21(17)28(2,24)25/h3-8,11H,9-10,12H2,1-2H3,(H,20,22). The van der Waals surface area contributed by atoms with Crippen LogP contribution in [0.15, 0.2) is 42.5 Å². The van der Waals surface area contributed by atoms with E-state index in [1.54, 1.807) is 43.5 Å². The van der Waals surface area contributed by atoms with Crippen LogP contribution >= 0.6 is 0 Å². The van der Waals surface area contributed by atoms with Crippen molar-refractivity contribution in [3.8, 4) is 5.75 Å². The quantitative estimate of drug-likeness (QED) is 0.737. The molecule has 0 aromatic heterocycles. The highest BCUT2D eigenvalue weighted by Gasteiger charge is 2.27. The number of fused-ring (bicyclic) bond motifs is 1. The highest BCUT2D eigenvalue weighted by Crippen LogP contribution is 2.30. The summed E-state index contributed by atoms with van der Waals surface area (Å²) in [6, 6.07) is 11.4. The first-order chi connectivity index (χ1) is 13.3. The number of ether oxygens (including phenoxy) is 2. The average Bonchev–Trinajstić information content (AvgIpc) is 3.10. The molecule has 1 N–H and O–H groups in total. The molecule has 1 heterocycles. The maximum Gasteiger partial charge on any atom is 0.338 e. The Labute approximate surface area is 163 Å². The maximum atomic E-state index is 12.2. The number of carbonyl (C=O) groups is 2. The predicted molar refractivity (Wildman–Crippen MR) is 104 cm³/mol. The highest BCUT2D eigenvalue weighted by atomic mass is 32.2. The topological polar surface area (TPSA) is 102 Å². The molecule has 0 unspecified atom stereocenters. The molecular weight excluding hydrogens is 384 g/mol. The van der Waals surface area contributed by atoms with E-state index in [9.17, 15) is 18.0 Å². The second-order valence-corrected chi connectivity index (χ2v) is 8.19. The number of hydrogen-bond donors (Lipinski definition) is 1. The van der Waals surface area contributed by atoms with Crippen molar-refractivity contribution in [1.82, 2.24) is 0 Å². The molecule has 0 bridgehead atoms. The van der Waals surface area contributed by atoms with Gasteiger partial charge in [-0.1, -0.05) is 0 Å². The number of nitrogens with zero attached hydrogens (tertiary/aromatic N) is 1. The number of hydrogen-bond acceptors (Lipinski definition) is 6. The van der Waals surface area contributed by atoms with Gasteiger partial charge in [0.25, 0.3) is 5.91 Å². The van der Waals surface area contributed by atoms with E-state index in [1.807, 2.05) is 0 Å². The van der Waals surface area contributed by atoms with Crippen LogP contribution < -0.4 is 14.4 Å². The van der Waals surface area contributed by atoms with Crippen molar-refractivity contribution in [1.29, 1.82) is 0 Å². The molecule has 0 atom stereocenters. The van der Waals surface area contributed by atoms with Crippen molar-refractivity contribution in [3.05, 3.63) is 53.6 Å². The summed E-state index contributed by atoms with van der Waals surface area (Å²) in [5.41, 5.74) is 2.14. The van der Waals surface area contributed by atoms with Crippen LogP contribution in [-0.2, 0) is 26.0 Å². The van der Waals surface area contributed by atoms with Gasteiger partial charge in [-0.2, -0.15) is 0 Å². The van der Waals surface area contributed by atoms with E-state index < -0.39 is 28.5 Å². The number of amides is 1. The Hall–Kier alpha value is -3.07. The van der Waals surface area contributed by atoms with Crippen molar-refractivity contribution in [2.24, 2.45) is 0 Å². The normalized spacial score (nSPS) is 13.0. The number of benzene rings is 2. The monoisotopic (exact) mass is 404 g/mol. The predicted octanol–water partition coefficient (Wildman–Crippen LogP) is 1.81. The highest BCUT2D eigenvalue weighted by molar-refractivity contribution is 7.92. The first kappa shape index (κ1) is 19.7. The summed E-state index contributed by atoms with van der Waals surface area (Å²) >= 11 is 0. The first-order valence-electron chi connectivity index (χ1n) is 8.49. The third-order valence-electron chi connectivity index (χ3n) is 4.28. The van der Waals surface area contributed by atoms with E-state index in [0.29, 0.717) is 30.1 Å².